The van der Waals surface area contributed by atoms with Crippen molar-refractivity contribution in [3.8, 4) is 23.2 Å². The number of aromatic nitrogens is 2. The van der Waals surface area contributed by atoms with E-state index in [-0.39, 0.29) is 12.2 Å². The number of carbonyl (C=O) groups is 1. The van der Waals surface area contributed by atoms with Gasteiger partial charge >= 0.3 is 5.97 Å². The number of aromatic carboxylic acids is 1. The molecule has 0 atom stereocenters. The van der Waals surface area contributed by atoms with Crippen molar-refractivity contribution in [2.45, 2.75) is 6.61 Å². The van der Waals surface area contributed by atoms with Crippen LogP contribution in [0.25, 0.3) is 11.4 Å². The van der Waals surface area contributed by atoms with Gasteiger partial charge in [-0.25, -0.2) is 14.8 Å². The second-order valence-electron chi connectivity index (χ2n) is 5.30. The lowest BCUT2D eigenvalue weighted by Crippen LogP contribution is -2.00. The zero-order valence-corrected chi connectivity index (χ0v) is 14.1. The molecule has 0 amide bonds. The van der Waals surface area contributed by atoms with Crippen LogP contribution in [-0.4, -0.2) is 21.0 Å². The van der Waals surface area contributed by atoms with Crippen LogP contribution in [0.2, 0.25) is 5.02 Å². The van der Waals surface area contributed by atoms with E-state index in [0.29, 0.717) is 27.7 Å². The van der Waals surface area contributed by atoms with Crippen LogP contribution in [0.3, 0.4) is 0 Å². The molecule has 1 aromatic heterocycles. The molecule has 0 spiro atoms. The van der Waals surface area contributed by atoms with Gasteiger partial charge in [0.05, 0.1) is 16.1 Å². The standard InChI is InChI=1S/C19H12ClN3O3/c20-17-3-1-2-13(16(17)8-21)11-26-15-6-4-12(5-7-15)18-22-9-14(10-23-18)19(24)25/h1-7,9-10H,11H2,(H,24,25). The van der Waals surface area contributed by atoms with E-state index in [1.165, 1.54) is 12.4 Å². The van der Waals surface area contributed by atoms with Gasteiger partial charge < -0.3 is 9.84 Å². The van der Waals surface area contributed by atoms with Gasteiger partial charge in [0, 0.05) is 23.5 Å². The highest BCUT2D eigenvalue weighted by molar-refractivity contribution is 6.31. The van der Waals surface area contributed by atoms with E-state index in [4.69, 9.17) is 21.4 Å². The van der Waals surface area contributed by atoms with Gasteiger partial charge in [-0.3, -0.25) is 0 Å². The molecule has 1 N–H and O–H groups in total. The molecule has 26 heavy (non-hydrogen) atoms. The summed E-state index contributed by atoms with van der Waals surface area (Å²) in [7, 11) is 0. The molecule has 3 aromatic rings. The molecule has 1 heterocycles. The fourth-order valence-electron chi connectivity index (χ4n) is 2.26. The molecular formula is C19H12ClN3O3. The normalized spacial score (nSPS) is 10.2. The number of nitriles is 1. The summed E-state index contributed by atoms with van der Waals surface area (Å²) in [5.74, 6) is -0.0408. The molecule has 128 valence electrons. The van der Waals surface area contributed by atoms with Crippen molar-refractivity contribution in [2.75, 3.05) is 0 Å². The Labute approximate surface area is 154 Å². The average Bonchev–Trinajstić information content (AvgIpc) is 2.67. The number of carboxylic acids is 1. The summed E-state index contributed by atoms with van der Waals surface area (Å²) >= 11 is 6.00. The third-order valence-corrected chi connectivity index (χ3v) is 3.93. The minimum absolute atomic E-state index is 0.0310. The third kappa shape index (κ3) is 3.79. The first-order valence-corrected chi connectivity index (χ1v) is 7.92. The lowest BCUT2D eigenvalue weighted by Gasteiger charge is -2.09. The van der Waals surface area contributed by atoms with Crippen molar-refractivity contribution in [1.29, 1.82) is 5.26 Å². The molecule has 0 radical (unpaired) electrons. The molecular weight excluding hydrogens is 354 g/mol. The van der Waals surface area contributed by atoms with E-state index < -0.39 is 5.97 Å². The van der Waals surface area contributed by atoms with Gasteiger partial charge in [0.15, 0.2) is 5.82 Å². The molecule has 0 saturated heterocycles. The van der Waals surface area contributed by atoms with Gasteiger partial charge in [-0.2, -0.15) is 5.26 Å². The van der Waals surface area contributed by atoms with Crippen LogP contribution in [0.5, 0.6) is 5.75 Å². The number of hydrogen-bond acceptors (Lipinski definition) is 5. The summed E-state index contributed by atoms with van der Waals surface area (Å²) in [4.78, 5) is 18.9. The summed E-state index contributed by atoms with van der Waals surface area (Å²) in [5.41, 5.74) is 1.87. The SMILES string of the molecule is N#Cc1c(Cl)cccc1COc1ccc(-c2ncc(C(=O)O)cn2)cc1. The predicted molar refractivity (Wildman–Crippen MR) is 94.9 cm³/mol. The molecule has 7 heteroatoms. The number of carboxylic acid groups (broad SMARTS) is 1. The van der Waals surface area contributed by atoms with E-state index >= 15 is 0 Å². The molecule has 0 aliphatic heterocycles. The zero-order valence-electron chi connectivity index (χ0n) is 13.4. The van der Waals surface area contributed by atoms with Crippen LogP contribution >= 0.6 is 11.6 Å². The Balaban J connectivity index is 1.71. The minimum Gasteiger partial charge on any atom is -0.489 e. The quantitative estimate of drug-likeness (QED) is 0.735. The number of nitrogens with zero attached hydrogens (tertiary/aromatic N) is 3. The van der Waals surface area contributed by atoms with Gasteiger partial charge in [-0.15, -0.1) is 0 Å². The van der Waals surface area contributed by atoms with Gasteiger partial charge in [-0.1, -0.05) is 23.7 Å². The average molecular weight is 366 g/mol. The van der Waals surface area contributed by atoms with E-state index in [1.54, 1.807) is 42.5 Å². The highest BCUT2D eigenvalue weighted by atomic mass is 35.5. The summed E-state index contributed by atoms with van der Waals surface area (Å²) in [5, 5.41) is 18.4. The number of halogens is 1. The maximum Gasteiger partial charge on any atom is 0.338 e. The minimum atomic E-state index is -1.07. The molecule has 2 aromatic carbocycles. The second-order valence-corrected chi connectivity index (χ2v) is 5.71. The maximum absolute atomic E-state index is 10.8. The van der Waals surface area contributed by atoms with Crippen molar-refractivity contribution >= 4 is 17.6 Å². The summed E-state index contributed by atoms with van der Waals surface area (Å²) in [6.45, 7) is 0.215. The molecule has 0 aliphatic carbocycles. The van der Waals surface area contributed by atoms with E-state index in [2.05, 4.69) is 16.0 Å². The second kappa shape index (κ2) is 7.64. The Bertz CT molecular complexity index is 980. The number of ether oxygens (including phenoxy) is 1. The molecule has 0 unspecified atom stereocenters. The fourth-order valence-corrected chi connectivity index (χ4v) is 2.50. The van der Waals surface area contributed by atoms with E-state index in [1.807, 2.05) is 0 Å². The van der Waals surface area contributed by atoms with Gasteiger partial charge in [0.25, 0.3) is 0 Å². The highest BCUT2D eigenvalue weighted by Crippen LogP contribution is 2.23. The summed E-state index contributed by atoms with van der Waals surface area (Å²) in [6, 6.07) is 14.3. The topological polar surface area (TPSA) is 96.1 Å². The fraction of sp³-hybridized carbons (Fsp3) is 0.0526. The first-order chi connectivity index (χ1) is 12.6. The van der Waals surface area contributed by atoms with Crippen LogP contribution in [0, 0.1) is 11.3 Å². The smallest absolute Gasteiger partial charge is 0.338 e. The lowest BCUT2D eigenvalue weighted by molar-refractivity contribution is 0.0696. The van der Waals surface area contributed by atoms with Crippen LogP contribution < -0.4 is 4.74 Å². The lowest BCUT2D eigenvalue weighted by atomic mass is 10.1. The Kier molecular flexibility index (Phi) is 5.11. The molecule has 0 fully saturated rings. The predicted octanol–water partition coefficient (Wildman–Crippen LogP) is 3.95. The van der Waals surface area contributed by atoms with Gasteiger partial charge in [0.1, 0.15) is 18.4 Å². The van der Waals surface area contributed by atoms with Crippen molar-refractivity contribution < 1.29 is 14.6 Å². The van der Waals surface area contributed by atoms with Crippen LogP contribution in [-0.2, 0) is 6.61 Å². The molecule has 6 nitrogen and oxygen atoms in total. The first-order valence-electron chi connectivity index (χ1n) is 7.54. The van der Waals surface area contributed by atoms with Crippen molar-refractivity contribution in [1.82, 2.24) is 9.97 Å². The monoisotopic (exact) mass is 365 g/mol. The largest absolute Gasteiger partial charge is 0.489 e. The number of benzene rings is 2. The zero-order chi connectivity index (χ0) is 18.5. The number of rotatable bonds is 5. The van der Waals surface area contributed by atoms with Gasteiger partial charge in [0.2, 0.25) is 0 Å². The number of hydrogen-bond donors (Lipinski definition) is 1. The highest BCUT2D eigenvalue weighted by Gasteiger charge is 2.08. The maximum atomic E-state index is 10.8. The Morgan fingerprint density at radius 1 is 1.15 bits per heavy atom. The van der Waals surface area contributed by atoms with E-state index in [0.717, 1.165) is 5.56 Å². The third-order valence-electron chi connectivity index (χ3n) is 3.62. The van der Waals surface area contributed by atoms with Crippen molar-refractivity contribution in [2.24, 2.45) is 0 Å². The van der Waals surface area contributed by atoms with Crippen LogP contribution in [0.15, 0.2) is 54.9 Å². The Hall–Kier alpha value is -3.43. The van der Waals surface area contributed by atoms with E-state index in [9.17, 15) is 10.1 Å². The first kappa shape index (κ1) is 17.4. The van der Waals surface area contributed by atoms with Crippen LogP contribution in [0.1, 0.15) is 21.5 Å². The molecule has 3 rings (SSSR count). The Morgan fingerprint density at radius 3 is 2.46 bits per heavy atom. The molecule has 0 aliphatic rings. The van der Waals surface area contributed by atoms with Crippen molar-refractivity contribution in [3.05, 3.63) is 76.6 Å². The van der Waals surface area contributed by atoms with Crippen LogP contribution in [0.4, 0.5) is 0 Å². The molecule has 0 saturated carbocycles. The summed E-state index contributed by atoms with van der Waals surface area (Å²) < 4.78 is 5.70. The Morgan fingerprint density at radius 2 is 1.85 bits per heavy atom. The molecule has 0 bridgehead atoms. The summed E-state index contributed by atoms with van der Waals surface area (Å²) in [6.07, 6.45) is 2.52. The van der Waals surface area contributed by atoms with Gasteiger partial charge in [-0.05, 0) is 30.3 Å². The van der Waals surface area contributed by atoms with Crippen molar-refractivity contribution in [3.63, 3.8) is 0 Å².